The second-order valence-corrected chi connectivity index (χ2v) is 4.41. The number of aromatic amines is 1. The number of hydrogen-bond acceptors (Lipinski definition) is 1. The Labute approximate surface area is 84.0 Å². The molecule has 0 saturated heterocycles. The maximum Gasteiger partial charge on any atom is 0.177 e. The largest absolute Gasteiger partial charge is 0.337 e. The second-order valence-electron chi connectivity index (χ2n) is 4.02. The van der Waals surface area contributed by atoms with Crippen molar-refractivity contribution in [1.82, 2.24) is 9.55 Å². The van der Waals surface area contributed by atoms with Crippen molar-refractivity contribution in [3.63, 3.8) is 0 Å². The van der Waals surface area contributed by atoms with E-state index in [2.05, 4.69) is 23.4 Å². The number of aryl methyl sites for hydroxylation is 1. The summed E-state index contributed by atoms with van der Waals surface area (Å²) in [5.74, 6) is 1.77. The number of aromatic nitrogens is 2. The summed E-state index contributed by atoms with van der Waals surface area (Å²) < 4.78 is 3.14. The first-order valence-electron chi connectivity index (χ1n) is 4.99. The number of rotatable bonds is 3. The average molecular weight is 196 g/mol. The minimum absolute atomic E-state index is 0.868. The van der Waals surface area contributed by atoms with Crippen molar-refractivity contribution in [2.75, 3.05) is 0 Å². The predicted molar refractivity (Wildman–Crippen MR) is 56.3 cm³/mol. The fourth-order valence-corrected chi connectivity index (χ4v) is 2.06. The van der Waals surface area contributed by atoms with Gasteiger partial charge >= 0.3 is 0 Å². The normalized spacial score (nSPS) is 26.3. The Hall–Kier alpha value is -0.570. The molecule has 2 unspecified atom stereocenters. The highest BCUT2D eigenvalue weighted by Gasteiger charge is 2.32. The summed E-state index contributed by atoms with van der Waals surface area (Å²) in [5.41, 5.74) is 1.34. The molecule has 1 aliphatic rings. The van der Waals surface area contributed by atoms with Crippen molar-refractivity contribution in [2.45, 2.75) is 33.2 Å². The van der Waals surface area contributed by atoms with Gasteiger partial charge in [0.25, 0.3) is 0 Å². The van der Waals surface area contributed by atoms with Gasteiger partial charge in [0.05, 0.1) is 0 Å². The average Bonchev–Trinajstić information content (AvgIpc) is 2.68. The van der Waals surface area contributed by atoms with Gasteiger partial charge in [-0.25, -0.2) is 0 Å². The van der Waals surface area contributed by atoms with E-state index in [1.54, 1.807) is 0 Å². The number of hydrogen-bond donors (Lipinski definition) is 1. The lowest BCUT2D eigenvalue weighted by Gasteiger charge is -2.05. The van der Waals surface area contributed by atoms with Crippen LogP contribution in [0, 0.1) is 16.6 Å². The summed E-state index contributed by atoms with van der Waals surface area (Å²) in [5, 5.41) is 0. The summed E-state index contributed by atoms with van der Waals surface area (Å²) in [4.78, 5) is 3.11. The van der Waals surface area contributed by atoms with Gasteiger partial charge in [0.15, 0.2) is 4.77 Å². The topological polar surface area (TPSA) is 20.7 Å². The maximum atomic E-state index is 5.23. The van der Waals surface area contributed by atoms with Gasteiger partial charge in [0.2, 0.25) is 0 Å². The highest BCUT2D eigenvalue weighted by molar-refractivity contribution is 7.71. The van der Waals surface area contributed by atoms with Crippen molar-refractivity contribution in [1.29, 1.82) is 0 Å². The number of nitrogens with one attached hydrogen (secondary N) is 1. The molecule has 1 aromatic rings. The molecule has 0 aromatic carbocycles. The first-order valence-corrected chi connectivity index (χ1v) is 5.40. The Balaban J connectivity index is 2.17. The fraction of sp³-hybridized carbons (Fsp3) is 0.700. The summed E-state index contributed by atoms with van der Waals surface area (Å²) >= 11 is 5.23. The monoisotopic (exact) mass is 196 g/mol. The van der Waals surface area contributed by atoms with E-state index in [1.807, 2.05) is 6.20 Å². The molecular weight excluding hydrogens is 180 g/mol. The summed E-state index contributed by atoms with van der Waals surface area (Å²) in [6.07, 6.45) is 4.47. The molecule has 3 heteroatoms. The third-order valence-corrected chi connectivity index (χ3v) is 3.35. The van der Waals surface area contributed by atoms with E-state index in [1.165, 1.54) is 12.1 Å². The second kappa shape index (κ2) is 3.29. The Morgan fingerprint density at radius 2 is 2.38 bits per heavy atom. The van der Waals surface area contributed by atoms with Gasteiger partial charge < -0.3 is 9.55 Å². The van der Waals surface area contributed by atoms with Gasteiger partial charge in [0, 0.05) is 18.4 Å². The smallest absolute Gasteiger partial charge is 0.177 e. The van der Waals surface area contributed by atoms with Crippen LogP contribution in [0.15, 0.2) is 6.20 Å². The quantitative estimate of drug-likeness (QED) is 0.737. The molecule has 1 aliphatic carbocycles. The van der Waals surface area contributed by atoms with E-state index in [0.29, 0.717) is 0 Å². The lowest BCUT2D eigenvalue weighted by atomic mass is 10.3. The van der Waals surface area contributed by atoms with Gasteiger partial charge in [-0.2, -0.15) is 0 Å². The van der Waals surface area contributed by atoms with Crippen LogP contribution in [-0.2, 0) is 13.0 Å². The van der Waals surface area contributed by atoms with Crippen molar-refractivity contribution in [2.24, 2.45) is 11.8 Å². The molecule has 0 spiro atoms. The first-order chi connectivity index (χ1) is 6.22. The fourth-order valence-electron chi connectivity index (χ4n) is 1.81. The molecule has 13 heavy (non-hydrogen) atoms. The zero-order valence-electron chi connectivity index (χ0n) is 8.21. The zero-order chi connectivity index (χ0) is 9.42. The molecule has 1 aromatic heterocycles. The molecule has 2 atom stereocenters. The van der Waals surface area contributed by atoms with Gasteiger partial charge in [-0.15, -0.1) is 0 Å². The Bertz CT molecular complexity index is 350. The minimum Gasteiger partial charge on any atom is -0.337 e. The number of imidazole rings is 1. The highest BCUT2D eigenvalue weighted by Crippen LogP contribution is 2.39. The number of nitrogens with zero attached hydrogens (tertiary/aromatic N) is 1. The van der Waals surface area contributed by atoms with Crippen molar-refractivity contribution >= 4 is 12.2 Å². The molecule has 1 heterocycles. The molecule has 0 aliphatic heterocycles. The van der Waals surface area contributed by atoms with E-state index < -0.39 is 0 Å². The first kappa shape index (κ1) is 9.00. The Kier molecular flexibility index (Phi) is 2.28. The number of H-pyrrole nitrogens is 1. The standard InChI is InChI=1S/C10H16N2S/c1-3-9-5-11-10(13)12(9)6-8-4-7(8)2/h5,7-8H,3-4,6H2,1-2H3,(H,11,13). The zero-order valence-corrected chi connectivity index (χ0v) is 9.03. The molecule has 0 amide bonds. The van der Waals surface area contributed by atoms with Crippen LogP contribution in [0.5, 0.6) is 0 Å². The maximum absolute atomic E-state index is 5.23. The molecule has 1 N–H and O–H groups in total. The molecule has 0 radical (unpaired) electrons. The van der Waals surface area contributed by atoms with E-state index in [9.17, 15) is 0 Å². The van der Waals surface area contributed by atoms with E-state index in [-0.39, 0.29) is 0 Å². The van der Waals surface area contributed by atoms with Crippen molar-refractivity contribution in [3.05, 3.63) is 16.7 Å². The minimum atomic E-state index is 0.868. The SMILES string of the molecule is CCc1c[nH]c(=S)n1CC1CC1C. The van der Waals surface area contributed by atoms with Gasteiger partial charge in [-0.05, 0) is 36.9 Å². The molecule has 1 saturated carbocycles. The predicted octanol–water partition coefficient (Wildman–Crippen LogP) is 2.76. The summed E-state index contributed by atoms with van der Waals surface area (Å²) in [6, 6.07) is 0. The molecule has 72 valence electrons. The van der Waals surface area contributed by atoms with Crippen LogP contribution in [0.3, 0.4) is 0 Å². The Morgan fingerprint density at radius 1 is 1.69 bits per heavy atom. The van der Waals surface area contributed by atoms with Gasteiger partial charge in [-0.1, -0.05) is 13.8 Å². The third-order valence-electron chi connectivity index (χ3n) is 3.01. The molecular formula is C10H16N2S. The van der Waals surface area contributed by atoms with E-state index >= 15 is 0 Å². The van der Waals surface area contributed by atoms with Crippen LogP contribution in [0.25, 0.3) is 0 Å². The van der Waals surface area contributed by atoms with Crippen LogP contribution >= 0.6 is 12.2 Å². The van der Waals surface area contributed by atoms with Crippen LogP contribution in [0.2, 0.25) is 0 Å². The van der Waals surface area contributed by atoms with E-state index in [0.717, 1.165) is 29.6 Å². The van der Waals surface area contributed by atoms with Crippen molar-refractivity contribution < 1.29 is 0 Å². The van der Waals surface area contributed by atoms with E-state index in [4.69, 9.17) is 12.2 Å². The molecule has 0 bridgehead atoms. The molecule has 2 nitrogen and oxygen atoms in total. The molecule has 1 fully saturated rings. The lowest BCUT2D eigenvalue weighted by Crippen LogP contribution is -2.04. The van der Waals surface area contributed by atoms with Crippen LogP contribution in [0.4, 0.5) is 0 Å². The summed E-state index contributed by atoms with van der Waals surface area (Å²) in [7, 11) is 0. The van der Waals surface area contributed by atoms with Gasteiger partial charge in [-0.3, -0.25) is 0 Å². The van der Waals surface area contributed by atoms with Gasteiger partial charge in [0.1, 0.15) is 0 Å². The highest BCUT2D eigenvalue weighted by atomic mass is 32.1. The van der Waals surface area contributed by atoms with Crippen molar-refractivity contribution in [3.8, 4) is 0 Å². The van der Waals surface area contributed by atoms with Crippen LogP contribution in [-0.4, -0.2) is 9.55 Å². The Morgan fingerprint density at radius 3 is 2.92 bits per heavy atom. The van der Waals surface area contributed by atoms with Crippen LogP contribution < -0.4 is 0 Å². The van der Waals surface area contributed by atoms with Crippen LogP contribution in [0.1, 0.15) is 26.0 Å². The third kappa shape index (κ3) is 1.70. The molecule has 2 rings (SSSR count). The summed E-state index contributed by atoms with van der Waals surface area (Å²) in [6.45, 7) is 5.60. The lowest BCUT2D eigenvalue weighted by molar-refractivity contribution is 0.570.